The number of hydrogen-bond donors (Lipinski definition) is 0. The smallest absolute Gasteiger partial charge is 0.318 e. The van der Waals surface area contributed by atoms with E-state index < -0.39 is 0 Å². The number of likely N-dealkylation sites (N-methyl/N-ethyl adjacent to an activating group) is 1. The third-order valence-corrected chi connectivity index (χ3v) is 9.25. The summed E-state index contributed by atoms with van der Waals surface area (Å²) in [5, 5.41) is 21.5. The molecule has 0 radical (unpaired) electrons. The van der Waals surface area contributed by atoms with E-state index >= 15 is 0 Å². The summed E-state index contributed by atoms with van der Waals surface area (Å²) in [5.41, 5.74) is 3.05. The molecular weight excluding hydrogens is 564 g/mol. The Labute approximate surface area is 257 Å². The lowest BCUT2D eigenvalue weighted by Gasteiger charge is -2.42. The predicted octanol–water partition coefficient (Wildman–Crippen LogP) is 4.16. The molecule has 6 rings (SSSR count). The highest BCUT2D eigenvalue weighted by atomic mass is 35.5. The lowest BCUT2D eigenvalue weighted by molar-refractivity contribution is -0.132. The number of fused-ring (bicyclic) bond motifs is 2. The lowest BCUT2D eigenvalue weighted by Crippen LogP contribution is -2.55. The van der Waals surface area contributed by atoms with Gasteiger partial charge < -0.3 is 24.3 Å². The van der Waals surface area contributed by atoms with E-state index in [-0.39, 0.29) is 24.8 Å². The van der Waals surface area contributed by atoms with Crippen molar-refractivity contribution < 1.29 is 9.53 Å². The van der Waals surface area contributed by atoms with E-state index in [9.17, 15) is 10.1 Å². The van der Waals surface area contributed by atoms with Crippen molar-refractivity contribution >= 4 is 39.8 Å². The van der Waals surface area contributed by atoms with Crippen molar-refractivity contribution in [3.05, 3.63) is 52.7 Å². The average molecular weight is 599 g/mol. The first-order valence-electron chi connectivity index (χ1n) is 14.9. The van der Waals surface area contributed by atoms with E-state index in [1.807, 2.05) is 18.2 Å². The van der Waals surface area contributed by atoms with Crippen LogP contribution in [0.4, 0.5) is 11.5 Å². The normalized spacial score (nSPS) is 20.5. The number of amides is 1. The maximum absolute atomic E-state index is 12.6. The van der Waals surface area contributed by atoms with E-state index in [0.717, 1.165) is 70.9 Å². The van der Waals surface area contributed by atoms with Gasteiger partial charge in [-0.15, -0.1) is 0 Å². The van der Waals surface area contributed by atoms with Crippen LogP contribution in [0.25, 0.3) is 10.8 Å². The first-order chi connectivity index (χ1) is 21.0. The molecule has 1 aromatic heterocycles. The Morgan fingerprint density at radius 3 is 2.65 bits per heavy atom. The molecule has 3 aliphatic rings. The molecular formula is C32H35ClN8O2. The van der Waals surface area contributed by atoms with Crippen LogP contribution in [-0.4, -0.2) is 84.1 Å². The number of nitriles is 2. The lowest BCUT2D eigenvalue weighted by atomic mass is 10.0. The summed E-state index contributed by atoms with van der Waals surface area (Å²) < 4.78 is 6.27. The molecule has 4 heterocycles. The van der Waals surface area contributed by atoms with Crippen molar-refractivity contribution in [3.63, 3.8) is 0 Å². The van der Waals surface area contributed by atoms with Crippen LogP contribution in [-0.2, 0) is 17.8 Å². The van der Waals surface area contributed by atoms with E-state index in [1.165, 1.54) is 0 Å². The summed E-state index contributed by atoms with van der Waals surface area (Å²) in [6, 6.07) is 16.8. The predicted molar refractivity (Wildman–Crippen MR) is 165 cm³/mol. The van der Waals surface area contributed by atoms with Crippen molar-refractivity contribution in [2.75, 3.05) is 56.2 Å². The molecule has 11 heteroatoms. The maximum Gasteiger partial charge on any atom is 0.318 e. The van der Waals surface area contributed by atoms with Crippen LogP contribution in [0.15, 0.2) is 36.4 Å². The van der Waals surface area contributed by atoms with Crippen LogP contribution in [0.1, 0.15) is 36.9 Å². The molecule has 0 spiro atoms. The molecule has 2 atom stereocenters. The summed E-state index contributed by atoms with van der Waals surface area (Å²) >= 11 is 6.69. The second-order valence-corrected chi connectivity index (χ2v) is 11.9. The van der Waals surface area contributed by atoms with E-state index in [0.29, 0.717) is 44.8 Å². The zero-order valence-corrected chi connectivity index (χ0v) is 25.1. The number of halogens is 1. The minimum atomic E-state index is -0.320. The van der Waals surface area contributed by atoms with Crippen molar-refractivity contribution in [3.8, 4) is 18.1 Å². The van der Waals surface area contributed by atoms with Crippen molar-refractivity contribution in [2.24, 2.45) is 0 Å². The van der Waals surface area contributed by atoms with Gasteiger partial charge in [-0.3, -0.25) is 4.79 Å². The fourth-order valence-electron chi connectivity index (χ4n) is 6.65. The van der Waals surface area contributed by atoms with Gasteiger partial charge >= 0.3 is 6.01 Å². The SMILES string of the molecule is CN1CCC[C@H]1COc1nc2c(c(N3CCN(C(=O)CC#N)[C@@H](CC#N)C3)n1)CCN(c1cccc3cccc(Cl)c13)C2. The summed E-state index contributed by atoms with van der Waals surface area (Å²) in [4.78, 5) is 31.0. The van der Waals surface area contributed by atoms with Gasteiger partial charge in [0, 0.05) is 48.9 Å². The van der Waals surface area contributed by atoms with Crippen LogP contribution in [0.2, 0.25) is 5.02 Å². The summed E-state index contributed by atoms with van der Waals surface area (Å²) in [6.45, 7) is 4.36. The Hall–Kier alpha value is -4.12. The van der Waals surface area contributed by atoms with Crippen LogP contribution in [0, 0.1) is 22.7 Å². The number of hydrogen-bond acceptors (Lipinski definition) is 9. The molecule has 2 saturated heterocycles. The number of carbonyl (C=O) groups is 1. The Morgan fingerprint density at radius 1 is 1.05 bits per heavy atom. The number of benzene rings is 2. The number of aromatic nitrogens is 2. The van der Waals surface area contributed by atoms with Gasteiger partial charge in [0.1, 0.15) is 18.8 Å². The van der Waals surface area contributed by atoms with E-state index in [1.54, 1.807) is 4.90 Å². The number of likely N-dealkylation sites (tertiary alicyclic amines) is 1. The number of anilines is 2. The molecule has 0 unspecified atom stereocenters. The molecule has 0 aliphatic carbocycles. The van der Waals surface area contributed by atoms with Gasteiger partial charge in [-0.1, -0.05) is 35.9 Å². The molecule has 0 N–H and O–H groups in total. The number of nitrogens with zero attached hydrogens (tertiary/aromatic N) is 8. The molecule has 2 fully saturated rings. The quantitative estimate of drug-likeness (QED) is 0.395. The number of carbonyl (C=O) groups excluding carboxylic acids is 1. The van der Waals surface area contributed by atoms with Crippen LogP contribution >= 0.6 is 11.6 Å². The van der Waals surface area contributed by atoms with Gasteiger partial charge in [-0.05, 0) is 50.4 Å². The second kappa shape index (κ2) is 12.6. The summed E-state index contributed by atoms with van der Waals surface area (Å²) in [5.74, 6) is 0.576. The van der Waals surface area contributed by atoms with Gasteiger partial charge in [0.2, 0.25) is 5.91 Å². The fourth-order valence-corrected chi connectivity index (χ4v) is 6.92. The van der Waals surface area contributed by atoms with Crippen molar-refractivity contribution in [1.29, 1.82) is 10.5 Å². The Morgan fingerprint density at radius 2 is 1.88 bits per heavy atom. The number of ether oxygens (including phenoxy) is 1. The number of rotatable bonds is 7. The highest BCUT2D eigenvalue weighted by Crippen LogP contribution is 2.37. The van der Waals surface area contributed by atoms with Gasteiger partial charge in [0.25, 0.3) is 0 Å². The number of piperazine rings is 1. The van der Waals surface area contributed by atoms with Crippen LogP contribution in [0.3, 0.4) is 0 Å². The second-order valence-electron chi connectivity index (χ2n) is 11.5. The van der Waals surface area contributed by atoms with Gasteiger partial charge in [0.15, 0.2) is 0 Å². The summed E-state index contributed by atoms with van der Waals surface area (Å²) in [7, 11) is 2.12. The molecule has 222 valence electrons. The molecule has 3 aromatic rings. The molecule has 3 aliphatic heterocycles. The van der Waals surface area contributed by atoms with Gasteiger partial charge in [0.05, 0.1) is 41.9 Å². The first kappa shape index (κ1) is 29.0. The zero-order valence-electron chi connectivity index (χ0n) is 24.4. The zero-order chi connectivity index (χ0) is 29.9. The van der Waals surface area contributed by atoms with Gasteiger partial charge in [-0.2, -0.15) is 20.5 Å². The van der Waals surface area contributed by atoms with Crippen molar-refractivity contribution in [1.82, 2.24) is 19.8 Å². The minimum absolute atomic E-state index is 0.188. The Bertz CT molecular complexity index is 1600. The molecule has 0 bridgehead atoms. The topological polar surface area (TPSA) is 113 Å². The third-order valence-electron chi connectivity index (χ3n) is 8.93. The summed E-state index contributed by atoms with van der Waals surface area (Å²) in [6.07, 6.45) is 2.96. The molecule has 0 saturated carbocycles. The highest BCUT2D eigenvalue weighted by molar-refractivity contribution is 6.36. The van der Waals surface area contributed by atoms with Crippen LogP contribution in [0.5, 0.6) is 6.01 Å². The Kier molecular flexibility index (Phi) is 8.51. The first-order valence-corrected chi connectivity index (χ1v) is 15.3. The van der Waals surface area contributed by atoms with E-state index in [4.69, 9.17) is 31.6 Å². The van der Waals surface area contributed by atoms with E-state index in [2.05, 4.69) is 52.1 Å². The molecule has 43 heavy (non-hydrogen) atoms. The standard InChI is InChI=1S/C32H35ClN8O2/c1-38-15-4-7-24(38)21-43-32-36-27-20-39(28-9-3-6-22-5-2-8-26(33)30(22)28)16-12-25(27)31(37-32)40-17-18-41(29(42)11-14-35)23(19-40)10-13-34/h2-3,5-6,8-9,23-24H,4,7,10-12,15-21H2,1H3/t23-,24-/m0/s1. The van der Waals surface area contributed by atoms with Crippen molar-refractivity contribution in [2.45, 2.75) is 50.7 Å². The maximum atomic E-state index is 12.6. The highest BCUT2D eigenvalue weighted by Gasteiger charge is 2.34. The van der Waals surface area contributed by atoms with Crippen LogP contribution < -0.4 is 14.5 Å². The monoisotopic (exact) mass is 598 g/mol. The van der Waals surface area contributed by atoms with Gasteiger partial charge in [-0.25, -0.2) is 0 Å². The largest absolute Gasteiger partial charge is 0.462 e. The fraction of sp³-hybridized carbons (Fsp3) is 0.469. The molecule has 10 nitrogen and oxygen atoms in total. The Balaban J connectivity index is 1.33. The molecule has 2 aromatic carbocycles. The molecule has 1 amide bonds. The third kappa shape index (κ3) is 5.90. The minimum Gasteiger partial charge on any atom is -0.462 e. The average Bonchev–Trinajstić information content (AvgIpc) is 3.43.